The van der Waals surface area contributed by atoms with E-state index in [2.05, 4.69) is 15.0 Å². The number of methoxy groups -OCH3 is 1. The Morgan fingerprint density at radius 1 is 1.07 bits per heavy atom. The molecule has 0 saturated heterocycles. The Balaban J connectivity index is 1.78. The molecule has 0 fully saturated rings. The molecule has 0 aliphatic rings. The van der Waals surface area contributed by atoms with Crippen LogP contribution in [0.3, 0.4) is 0 Å². The Bertz CT molecular complexity index is 730. The maximum atomic E-state index is 11.1. The lowest BCUT2D eigenvalue weighted by Crippen LogP contribution is -2.02. The van der Waals surface area contributed by atoms with Crippen LogP contribution >= 0.6 is 0 Å². The van der Waals surface area contributed by atoms with Gasteiger partial charge in [0.1, 0.15) is 18.1 Å². The van der Waals surface area contributed by atoms with Crippen LogP contribution in [-0.4, -0.2) is 31.7 Å². The van der Waals surface area contributed by atoms with Crippen LogP contribution in [0.1, 0.15) is 36.8 Å². The molecule has 6 heteroatoms. The monoisotopic (exact) mass is 384 g/mol. The van der Waals surface area contributed by atoms with E-state index in [4.69, 9.17) is 9.47 Å². The molecule has 0 unspecified atom stereocenters. The first-order chi connectivity index (χ1) is 13.7. The van der Waals surface area contributed by atoms with E-state index >= 15 is 0 Å². The first-order valence-electron chi connectivity index (χ1n) is 9.42. The summed E-state index contributed by atoms with van der Waals surface area (Å²) in [4.78, 5) is 15.1. The normalized spacial score (nSPS) is 11.0. The van der Waals surface area contributed by atoms with E-state index in [9.17, 15) is 4.79 Å². The minimum Gasteiger partial charge on any atom is -0.494 e. The summed E-state index contributed by atoms with van der Waals surface area (Å²) >= 11 is 0. The minimum absolute atomic E-state index is 0.159. The van der Waals surface area contributed by atoms with E-state index in [0.29, 0.717) is 19.6 Å². The van der Waals surface area contributed by atoms with Crippen molar-refractivity contribution >= 4 is 11.7 Å². The third-order valence-electron chi connectivity index (χ3n) is 4.08. The number of carbonyl (C=O) groups is 1. The second-order valence-corrected chi connectivity index (χ2v) is 6.20. The van der Waals surface area contributed by atoms with E-state index < -0.39 is 0 Å². The van der Waals surface area contributed by atoms with Gasteiger partial charge in [-0.3, -0.25) is 9.78 Å². The molecular weight excluding hydrogens is 356 g/mol. The van der Waals surface area contributed by atoms with Gasteiger partial charge >= 0.3 is 5.97 Å². The van der Waals surface area contributed by atoms with Crippen molar-refractivity contribution in [2.75, 3.05) is 20.8 Å². The van der Waals surface area contributed by atoms with Crippen LogP contribution < -0.4 is 10.1 Å². The highest BCUT2D eigenvalue weighted by atomic mass is 16.5. The summed E-state index contributed by atoms with van der Waals surface area (Å²) in [5.41, 5.74) is 2.03. The predicted molar refractivity (Wildman–Crippen MR) is 108 cm³/mol. The number of ether oxygens (including phenoxy) is 3. The molecule has 0 saturated carbocycles. The number of aromatic nitrogens is 1. The third-order valence-corrected chi connectivity index (χ3v) is 4.08. The Hall–Kier alpha value is -3.02. The lowest BCUT2D eigenvalue weighted by Gasteiger charge is -2.12. The lowest BCUT2D eigenvalue weighted by molar-refractivity contribution is -0.140. The molecule has 0 amide bonds. The minimum atomic E-state index is -0.159. The quantitative estimate of drug-likeness (QED) is 0.340. The summed E-state index contributed by atoms with van der Waals surface area (Å²) in [5, 5.41) is 3.02. The van der Waals surface area contributed by atoms with Gasteiger partial charge in [-0.15, -0.1) is 0 Å². The number of carbonyl (C=O) groups excluding carboxylic acids is 1. The van der Waals surface area contributed by atoms with Crippen molar-refractivity contribution < 1.29 is 19.0 Å². The first-order valence-corrected chi connectivity index (χ1v) is 9.42. The molecule has 0 atom stereocenters. The van der Waals surface area contributed by atoms with Crippen LogP contribution in [0, 0.1) is 0 Å². The van der Waals surface area contributed by atoms with Gasteiger partial charge in [0.15, 0.2) is 0 Å². The Kier molecular flexibility index (Phi) is 9.41. The molecule has 6 nitrogen and oxygen atoms in total. The van der Waals surface area contributed by atoms with Gasteiger partial charge in [-0.1, -0.05) is 0 Å². The average Bonchev–Trinajstić information content (AvgIpc) is 2.74. The standard InChI is InChI=1S/C22H28N2O4/c1-23-16-21(28-17-18-11-13-24-14-12-18)19-7-9-20(10-8-19)27-15-5-3-4-6-22(25)26-2/h7-14,16,23H,3-6,15,17H2,1-2H3/b21-16-. The summed E-state index contributed by atoms with van der Waals surface area (Å²) in [6, 6.07) is 11.7. The van der Waals surface area contributed by atoms with Crippen molar-refractivity contribution in [3.8, 4) is 5.75 Å². The van der Waals surface area contributed by atoms with E-state index in [-0.39, 0.29) is 5.97 Å². The van der Waals surface area contributed by atoms with E-state index in [0.717, 1.165) is 41.9 Å². The van der Waals surface area contributed by atoms with Crippen LogP contribution in [0.2, 0.25) is 0 Å². The molecule has 1 aromatic carbocycles. The highest BCUT2D eigenvalue weighted by Gasteiger charge is 2.05. The van der Waals surface area contributed by atoms with Crippen molar-refractivity contribution in [2.45, 2.75) is 32.3 Å². The molecule has 2 rings (SSSR count). The average molecular weight is 384 g/mol. The van der Waals surface area contributed by atoms with Crippen LogP contribution in [-0.2, 0) is 20.9 Å². The van der Waals surface area contributed by atoms with Gasteiger partial charge in [-0.2, -0.15) is 0 Å². The highest BCUT2D eigenvalue weighted by molar-refractivity contribution is 5.68. The van der Waals surface area contributed by atoms with Crippen molar-refractivity contribution in [3.05, 3.63) is 66.1 Å². The van der Waals surface area contributed by atoms with Crippen LogP contribution in [0.15, 0.2) is 55.0 Å². The van der Waals surface area contributed by atoms with Gasteiger partial charge in [0.25, 0.3) is 0 Å². The molecule has 0 aliphatic carbocycles. The number of hydrogen-bond acceptors (Lipinski definition) is 6. The van der Waals surface area contributed by atoms with Gasteiger partial charge in [-0.25, -0.2) is 0 Å². The second kappa shape index (κ2) is 12.4. The van der Waals surface area contributed by atoms with Gasteiger partial charge in [0.2, 0.25) is 0 Å². The lowest BCUT2D eigenvalue weighted by atomic mass is 10.2. The molecule has 1 N–H and O–H groups in total. The molecular formula is C22H28N2O4. The van der Waals surface area contributed by atoms with Gasteiger partial charge in [0.05, 0.1) is 13.7 Å². The van der Waals surface area contributed by atoms with Crippen molar-refractivity contribution in [1.29, 1.82) is 0 Å². The number of nitrogens with one attached hydrogen (secondary N) is 1. The molecule has 0 bridgehead atoms. The molecule has 1 aromatic heterocycles. The number of unbranched alkanes of at least 4 members (excludes halogenated alkanes) is 2. The van der Waals surface area contributed by atoms with Gasteiger partial charge in [0, 0.05) is 37.6 Å². The Morgan fingerprint density at radius 2 is 1.82 bits per heavy atom. The van der Waals surface area contributed by atoms with E-state index in [1.165, 1.54) is 7.11 Å². The van der Waals surface area contributed by atoms with Crippen LogP contribution in [0.25, 0.3) is 5.76 Å². The second-order valence-electron chi connectivity index (χ2n) is 6.20. The molecule has 0 spiro atoms. The number of esters is 1. The van der Waals surface area contributed by atoms with E-state index in [1.807, 2.05) is 49.6 Å². The van der Waals surface area contributed by atoms with Crippen LogP contribution in [0.5, 0.6) is 5.75 Å². The first kappa shape index (κ1) is 21.3. The number of rotatable bonds is 12. The van der Waals surface area contributed by atoms with Crippen molar-refractivity contribution in [3.63, 3.8) is 0 Å². The Labute approximate surface area is 166 Å². The SMILES string of the molecule is CN/C=C(\OCc1ccncc1)c1ccc(OCCCCCC(=O)OC)cc1. The molecule has 150 valence electrons. The smallest absolute Gasteiger partial charge is 0.305 e. The van der Waals surface area contributed by atoms with E-state index in [1.54, 1.807) is 12.4 Å². The number of pyridine rings is 1. The number of benzene rings is 1. The van der Waals surface area contributed by atoms with Gasteiger partial charge < -0.3 is 19.5 Å². The fourth-order valence-electron chi connectivity index (χ4n) is 2.54. The molecule has 0 aliphatic heterocycles. The highest BCUT2D eigenvalue weighted by Crippen LogP contribution is 2.21. The van der Waals surface area contributed by atoms with Crippen LogP contribution in [0.4, 0.5) is 0 Å². The fourth-order valence-corrected chi connectivity index (χ4v) is 2.54. The number of hydrogen-bond donors (Lipinski definition) is 1. The zero-order chi connectivity index (χ0) is 20.0. The Morgan fingerprint density at radius 3 is 2.50 bits per heavy atom. The van der Waals surface area contributed by atoms with Crippen molar-refractivity contribution in [2.24, 2.45) is 0 Å². The number of nitrogens with zero attached hydrogens (tertiary/aromatic N) is 1. The summed E-state index contributed by atoms with van der Waals surface area (Å²) in [7, 11) is 3.25. The maximum absolute atomic E-state index is 11.1. The molecule has 0 radical (unpaired) electrons. The predicted octanol–water partition coefficient (Wildman–Crippen LogP) is 3.93. The largest absolute Gasteiger partial charge is 0.494 e. The topological polar surface area (TPSA) is 69.7 Å². The third kappa shape index (κ3) is 7.70. The zero-order valence-electron chi connectivity index (χ0n) is 16.5. The van der Waals surface area contributed by atoms with Crippen molar-refractivity contribution in [1.82, 2.24) is 10.3 Å². The van der Waals surface area contributed by atoms with Gasteiger partial charge in [-0.05, 0) is 61.2 Å². The zero-order valence-corrected chi connectivity index (χ0v) is 16.5. The fraction of sp³-hybridized carbons (Fsp3) is 0.364. The summed E-state index contributed by atoms with van der Waals surface area (Å²) < 4.78 is 16.3. The summed E-state index contributed by atoms with van der Waals surface area (Å²) in [6.45, 7) is 1.10. The molecule has 28 heavy (non-hydrogen) atoms. The molecule has 1 heterocycles. The summed E-state index contributed by atoms with van der Waals surface area (Å²) in [6.07, 6.45) is 8.46. The maximum Gasteiger partial charge on any atom is 0.305 e. The summed E-state index contributed by atoms with van der Waals surface area (Å²) in [5.74, 6) is 1.41. The molecule has 2 aromatic rings.